The van der Waals surface area contributed by atoms with Gasteiger partial charge in [-0.1, -0.05) is 19.9 Å². The molecule has 0 aliphatic carbocycles. The topological polar surface area (TPSA) is 50.3 Å². The van der Waals surface area contributed by atoms with Crippen LogP contribution in [0.2, 0.25) is 0 Å². The molecule has 0 saturated carbocycles. The molecule has 0 spiro atoms. The standard InChI is InChI=1S/C17H23FN4O/c1-12(2)15(22-6-8-23-9-7-22)10-19-17-13-4-3-5-14(18)16(13)20-11-21-17/h3-5,11-12,15H,6-10H2,1-2H3,(H,19,20,21). The first kappa shape index (κ1) is 16.1. The third-order valence-electron chi connectivity index (χ3n) is 4.38. The van der Waals surface area contributed by atoms with Crippen LogP contribution in [0.25, 0.3) is 10.9 Å². The number of hydrogen-bond acceptors (Lipinski definition) is 5. The van der Waals surface area contributed by atoms with E-state index in [1.54, 1.807) is 6.07 Å². The van der Waals surface area contributed by atoms with Gasteiger partial charge >= 0.3 is 0 Å². The molecule has 1 aliphatic heterocycles. The second kappa shape index (κ2) is 7.19. The quantitative estimate of drug-likeness (QED) is 0.918. The molecule has 0 bridgehead atoms. The third-order valence-corrected chi connectivity index (χ3v) is 4.38. The number of anilines is 1. The molecule has 1 atom stereocenters. The Morgan fingerprint density at radius 2 is 2.04 bits per heavy atom. The zero-order valence-electron chi connectivity index (χ0n) is 13.6. The van der Waals surface area contributed by atoms with Crippen LogP contribution in [0.5, 0.6) is 0 Å². The zero-order valence-corrected chi connectivity index (χ0v) is 13.6. The van der Waals surface area contributed by atoms with Gasteiger partial charge in [0.1, 0.15) is 23.5 Å². The lowest BCUT2D eigenvalue weighted by Gasteiger charge is -2.37. The first-order valence-corrected chi connectivity index (χ1v) is 8.11. The van der Waals surface area contributed by atoms with Gasteiger partial charge in [0.15, 0.2) is 0 Å². The molecule has 0 amide bonds. The van der Waals surface area contributed by atoms with E-state index >= 15 is 0 Å². The van der Waals surface area contributed by atoms with Crippen molar-refractivity contribution < 1.29 is 9.13 Å². The third kappa shape index (κ3) is 3.59. The first-order valence-electron chi connectivity index (χ1n) is 8.11. The minimum atomic E-state index is -0.318. The Balaban J connectivity index is 1.77. The molecular formula is C17H23FN4O. The molecule has 1 aromatic heterocycles. The number of ether oxygens (including phenoxy) is 1. The smallest absolute Gasteiger partial charge is 0.149 e. The summed E-state index contributed by atoms with van der Waals surface area (Å²) >= 11 is 0. The second-order valence-corrected chi connectivity index (χ2v) is 6.20. The van der Waals surface area contributed by atoms with Crippen molar-refractivity contribution in [1.82, 2.24) is 14.9 Å². The molecule has 124 valence electrons. The van der Waals surface area contributed by atoms with Crippen LogP contribution in [0, 0.1) is 11.7 Å². The Morgan fingerprint density at radius 1 is 1.26 bits per heavy atom. The van der Waals surface area contributed by atoms with Gasteiger partial charge in [-0.15, -0.1) is 0 Å². The van der Waals surface area contributed by atoms with E-state index in [0.717, 1.165) is 38.2 Å². The molecule has 0 radical (unpaired) electrons. The van der Waals surface area contributed by atoms with Gasteiger partial charge in [-0.25, -0.2) is 14.4 Å². The van der Waals surface area contributed by atoms with Gasteiger partial charge in [0, 0.05) is 31.1 Å². The van der Waals surface area contributed by atoms with Crippen LogP contribution in [0.1, 0.15) is 13.8 Å². The number of nitrogens with one attached hydrogen (secondary N) is 1. The molecule has 2 aromatic rings. The highest BCUT2D eigenvalue weighted by molar-refractivity contribution is 5.89. The fourth-order valence-corrected chi connectivity index (χ4v) is 3.09. The van der Waals surface area contributed by atoms with Crippen LogP contribution < -0.4 is 5.32 Å². The summed E-state index contributed by atoms with van der Waals surface area (Å²) in [4.78, 5) is 10.8. The van der Waals surface area contributed by atoms with E-state index in [1.807, 2.05) is 6.07 Å². The number of morpholine rings is 1. The lowest BCUT2D eigenvalue weighted by Crippen LogP contribution is -2.49. The van der Waals surface area contributed by atoms with Gasteiger partial charge in [-0.3, -0.25) is 4.90 Å². The summed E-state index contributed by atoms with van der Waals surface area (Å²) < 4.78 is 19.3. The van der Waals surface area contributed by atoms with Crippen LogP contribution in [-0.4, -0.2) is 53.8 Å². The Hall–Kier alpha value is -1.79. The Labute approximate surface area is 135 Å². The average molecular weight is 318 g/mol. The number of nitrogens with zero attached hydrogens (tertiary/aromatic N) is 3. The molecule has 1 N–H and O–H groups in total. The summed E-state index contributed by atoms with van der Waals surface area (Å²) in [6, 6.07) is 5.34. The maximum atomic E-state index is 13.8. The molecular weight excluding hydrogens is 295 g/mol. The first-order chi connectivity index (χ1) is 11.2. The molecule has 1 fully saturated rings. The van der Waals surface area contributed by atoms with Crippen LogP contribution >= 0.6 is 0 Å². The largest absolute Gasteiger partial charge is 0.379 e. The molecule has 1 saturated heterocycles. The number of aromatic nitrogens is 2. The SMILES string of the molecule is CC(C)C(CNc1ncnc2c(F)cccc12)N1CCOCC1. The molecule has 23 heavy (non-hydrogen) atoms. The number of halogens is 1. The molecule has 6 heteroatoms. The highest BCUT2D eigenvalue weighted by atomic mass is 19.1. The van der Waals surface area contributed by atoms with E-state index in [1.165, 1.54) is 12.4 Å². The molecule has 2 heterocycles. The molecule has 1 aliphatic rings. The van der Waals surface area contributed by atoms with Crippen molar-refractivity contribution >= 4 is 16.7 Å². The van der Waals surface area contributed by atoms with Crippen LogP contribution in [0.15, 0.2) is 24.5 Å². The lowest BCUT2D eigenvalue weighted by molar-refractivity contribution is 0.00954. The number of fused-ring (bicyclic) bond motifs is 1. The van der Waals surface area contributed by atoms with Crippen molar-refractivity contribution in [3.05, 3.63) is 30.3 Å². The zero-order chi connectivity index (χ0) is 16.2. The van der Waals surface area contributed by atoms with Gasteiger partial charge in [-0.05, 0) is 18.1 Å². The summed E-state index contributed by atoms with van der Waals surface area (Å²) in [5.41, 5.74) is 0.359. The van der Waals surface area contributed by atoms with E-state index in [4.69, 9.17) is 4.74 Å². The van der Waals surface area contributed by atoms with Crippen molar-refractivity contribution in [1.29, 1.82) is 0 Å². The normalized spacial score (nSPS) is 17.6. The Bertz CT molecular complexity index is 658. The highest BCUT2D eigenvalue weighted by Crippen LogP contribution is 2.22. The highest BCUT2D eigenvalue weighted by Gasteiger charge is 2.24. The lowest BCUT2D eigenvalue weighted by atomic mass is 10.0. The van der Waals surface area contributed by atoms with Crippen LogP contribution in [0.4, 0.5) is 10.2 Å². The number of hydrogen-bond donors (Lipinski definition) is 1. The fourth-order valence-electron chi connectivity index (χ4n) is 3.09. The number of rotatable bonds is 5. The monoisotopic (exact) mass is 318 g/mol. The summed E-state index contributed by atoms with van der Waals surface area (Å²) in [6.45, 7) is 8.67. The summed E-state index contributed by atoms with van der Waals surface area (Å²) in [5.74, 6) is 0.875. The minimum Gasteiger partial charge on any atom is -0.379 e. The van der Waals surface area contributed by atoms with Crippen molar-refractivity contribution in [2.45, 2.75) is 19.9 Å². The number of benzene rings is 1. The van der Waals surface area contributed by atoms with Gasteiger partial charge in [0.25, 0.3) is 0 Å². The average Bonchev–Trinajstić information content (AvgIpc) is 2.56. The predicted molar refractivity (Wildman–Crippen MR) is 89.0 cm³/mol. The van der Waals surface area contributed by atoms with E-state index in [-0.39, 0.29) is 5.82 Å². The van der Waals surface area contributed by atoms with E-state index in [2.05, 4.69) is 34.0 Å². The second-order valence-electron chi connectivity index (χ2n) is 6.20. The predicted octanol–water partition coefficient (Wildman–Crippen LogP) is 2.54. The van der Waals surface area contributed by atoms with E-state index < -0.39 is 0 Å². The fraction of sp³-hybridized carbons (Fsp3) is 0.529. The van der Waals surface area contributed by atoms with Crippen LogP contribution in [-0.2, 0) is 4.74 Å². The molecule has 1 aromatic carbocycles. The maximum absolute atomic E-state index is 13.8. The van der Waals surface area contributed by atoms with Crippen molar-refractivity contribution in [2.75, 3.05) is 38.2 Å². The van der Waals surface area contributed by atoms with E-state index in [0.29, 0.717) is 23.3 Å². The molecule has 3 rings (SSSR count). The number of para-hydroxylation sites is 1. The van der Waals surface area contributed by atoms with Gasteiger partial charge in [0.05, 0.1) is 13.2 Å². The van der Waals surface area contributed by atoms with Gasteiger partial charge in [-0.2, -0.15) is 0 Å². The van der Waals surface area contributed by atoms with Crippen molar-refractivity contribution in [2.24, 2.45) is 5.92 Å². The summed E-state index contributed by atoms with van der Waals surface area (Å²) in [6.07, 6.45) is 1.41. The van der Waals surface area contributed by atoms with Gasteiger partial charge < -0.3 is 10.1 Å². The van der Waals surface area contributed by atoms with Crippen LogP contribution in [0.3, 0.4) is 0 Å². The molecule has 1 unspecified atom stereocenters. The van der Waals surface area contributed by atoms with Crippen molar-refractivity contribution in [3.8, 4) is 0 Å². The maximum Gasteiger partial charge on any atom is 0.149 e. The van der Waals surface area contributed by atoms with E-state index in [9.17, 15) is 4.39 Å². The molecule has 5 nitrogen and oxygen atoms in total. The summed E-state index contributed by atoms with van der Waals surface area (Å²) in [5, 5.41) is 4.11. The minimum absolute atomic E-state index is 0.318. The summed E-state index contributed by atoms with van der Waals surface area (Å²) in [7, 11) is 0. The Morgan fingerprint density at radius 3 is 2.78 bits per heavy atom. The van der Waals surface area contributed by atoms with Crippen molar-refractivity contribution in [3.63, 3.8) is 0 Å². The Kier molecular flexibility index (Phi) is 5.03. The van der Waals surface area contributed by atoms with Gasteiger partial charge in [0.2, 0.25) is 0 Å².